The normalized spacial score (nSPS) is 15.3. The van der Waals surface area contributed by atoms with Gasteiger partial charge in [-0.05, 0) is 6.92 Å². The van der Waals surface area contributed by atoms with Crippen LogP contribution in [0, 0.1) is 5.53 Å². The van der Waals surface area contributed by atoms with Gasteiger partial charge in [-0.1, -0.05) is 0 Å². The molecule has 0 aliphatic carbocycles. The lowest BCUT2D eigenvalue weighted by molar-refractivity contribution is -0.139. The third kappa shape index (κ3) is 2.61. The van der Waals surface area contributed by atoms with Crippen LogP contribution in [0.5, 0.6) is 0 Å². The number of hydrogen-bond acceptors (Lipinski definition) is 5. The van der Waals surface area contributed by atoms with Crippen LogP contribution in [0.2, 0.25) is 0 Å². The molecule has 1 atom stereocenters. The van der Waals surface area contributed by atoms with Gasteiger partial charge in [0.25, 0.3) is 0 Å². The van der Waals surface area contributed by atoms with E-state index in [1.165, 1.54) is 0 Å². The summed E-state index contributed by atoms with van der Waals surface area (Å²) in [5, 5.41) is 12.0. The minimum Gasteiger partial charge on any atom is -0.480 e. The molecule has 0 bridgehead atoms. The molecule has 1 unspecified atom stereocenters. The standard InChI is InChI=1S/C6H11N3O4S/c1-6(5(10)11,14(2,12)13)3-4-8-9-7/h7H,3-4H2,1-2H3/p+1. The van der Waals surface area contributed by atoms with Gasteiger partial charge in [0.1, 0.15) is 17.2 Å². The Morgan fingerprint density at radius 2 is 2.14 bits per heavy atom. The largest absolute Gasteiger partial charge is 0.480 e. The van der Waals surface area contributed by atoms with E-state index in [1.54, 1.807) is 0 Å². The summed E-state index contributed by atoms with van der Waals surface area (Å²) in [6.45, 7) is 1.02. The van der Waals surface area contributed by atoms with Crippen molar-refractivity contribution < 1.29 is 18.3 Å². The number of hydrogen-bond donors (Lipinski definition) is 2. The molecule has 0 heterocycles. The van der Waals surface area contributed by atoms with E-state index in [4.69, 9.17) is 10.6 Å². The van der Waals surface area contributed by atoms with Crippen molar-refractivity contribution in [3.63, 3.8) is 0 Å². The predicted octanol–water partition coefficient (Wildman–Crippen LogP) is -0.185. The van der Waals surface area contributed by atoms with E-state index in [9.17, 15) is 13.2 Å². The average molecular weight is 222 g/mol. The van der Waals surface area contributed by atoms with Crippen LogP contribution < -0.4 is 4.91 Å². The highest BCUT2D eigenvalue weighted by molar-refractivity contribution is 7.92. The Bertz CT molecular complexity index is 371. The number of nitrogens with one attached hydrogen (secondary N) is 1. The molecule has 0 aromatic rings. The minimum atomic E-state index is -3.71. The molecule has 0 saturated heterocycles. The maximum Gasteiger partial charge on any atom is 0.324 e. The van der Waals surface area contributed by atoms with E-state index in [2.05, 4.69) is 10.0 Å². The van der Waals surface area contributed by atoms with Gasteiger partial charge in [0.15, 0.2) is 14.6 Å². The Kier molecular flexibility index (Phi) is 3.91. The van der Waals surface area contributed by atoms with Crippen LogP contribution in [0.4, 0.5) is 0 Å². The summed E-state index contributed by atoms with van der Waals surface area (Å²) in [5.74, 6) is -1.42. The second-order valence-electron chi connectivity index (χ2n) is 3.02. The smallest absolute Gasteiger partial charge is 0.324 e. The van der Waals surface area contributed by atoms with Gasteiger partial charge in [0.2, 0.25) is 4.91 Å². The lowest BCUT2D eigenvalue weighted by Gasteiger charge is -2.20. The third-order valence-electron chi connectivity index (χ3n) is 2.03. The molecule has 0 rings (SSSR count). The number of sulfone groups is 1. The molecular weight excluding hydrogens is 210 g/mol. The van der Waals surface area contributed by atoms with E-state index in [-0.39, 0.29) is 13.0 Å². The minimum absolute atomic E-state index is 0.0978. The first-order valence-electron chi connectivity index (χ1n) is 3.72. The SMILES string of the molecule is CC(CCN=[N+]=N)(C(=O)O)S(C)(=O)=O. The van der Waals surface area contributed by atoms with Gasteiger partial charge < -0.3 is 5.11 Å². The fourth-order valence-electron chi connectivity index (χ4n) is 0.764. The topological polar surface area (TPSA) is 122 Å². The van der Waals surface area contributed by atoms with Crippen LogP contribution in [0.15, 0.2) is 5.11 Å². The van der Waals surface area contributed by atoms with Crippen LogP contribution in [-0.2, 0) is 14.6 Å². The third-order valence-corrected chi connectivity index (χ3v) is 4.05. The molecule has 0 radical (unpaired) electrons. The Balaban J connectivity index is 4.94. The summed E-state index contributed by atoms with van der Waals surface area (Å²) in [6.07, 6.45) is 0.669. The Labute approximate surface area is 81.3 Å². The molecule has 0 aromatic carbocycles. The first-order valence-corrected chi connectivity index (χ1v) is 5.61. The molecular formula is C6H12N3O4S+. The fraction of sp³-hybridized carbons (Fsp3) is 0.833. The zero-order valence-electron chi connectivity index (χ0n) is 7.89. The monoisotopic (exact) mass is 222 g/mol. The molecule has 2 N–H and O–H groups in total. The maximum atomic E-state index is 11.2. The average Bonchev–Trinajstić information content (AvgIpc) is 2.02. The number of aliphatic carboxylic acids is 1. The lowest BCUT2D eigenvalue weighted by atomic mass is 10.1. The van der Waals surface area contributed by atoms with Gasteiger partial charge >= 0.3 is 5.97 Å². The molecule has 0 amide bonds. The van der Waals surface area contributed by atoms with Crippen LogP contribution >= 0.6 is 0 Å². The molecule has 80 valence electrons. The zero-order chi connectivity index (χ0) is 11.4. The van der Waals surface area contributed by atoms with Gasteiger partial charge in [-0.25, -0.2) is 8.42 Å². The highest BCUT2D eigenvalue weighted by atomic mass is 32.2. The summed E-state index contributed by atoms with van der Waals surface area (Å²) < 4.78 is 20.5. The first kappa shape index (κ1) is 12.7. The van der Waals surface area contributed by atoms with Crippen molar-refractivity contribution in [3.8, 4) is 0 Å². The van der Waals surface area contributed by atoms with Gasteiger partial charge in [0.05, 0.1) is 0 Å². The highest BCUT2D eigenvalue weighted by Crippen LogP contribution is 2.20. The van der Waals surface area contributed by atoms with Gasteiger partial charge in [-0.15, -0.1) is 0 Å². The van der Waals surface area contributed by atoms with Gasteiger partial charge in [-0.2, -0.15) is 0 Å². The molecule has 0 aromatic heterocycles. The summed E-state index contributed by atoms with van der Waals surface area (Å²) in [7, 11) is -3.71. The van der Waals surface area contributed by atoms with Gasteiger partial charge in [-0.3, -0.25) is 4.79 Å². The Morgan fingerprint density at radius 1 is 1.64 bits per heavy atom. The quantitative estimate of drug-likeness (QED) is 0.494. The number of rotatable bonds is 5. The molecule has 0 fully saturated rings. The summed E-state index contributed by atoms with van der Waals surface area (Å²) in [5.41, 5.74) is 6.34. The second-order valence-corrected chi connectivity index (χ2v) is 5.47. The van der Waals surface area contributed by atoms with Gasteiger partial charge in [0, 0.05) is 12.7 Å². The number of carboxylic acid groups (broad SMARTS) is 1. The van der Waals surface area contributed by atoms with E-state index in [0.717, 1.165) is 13.2 Å². The van der Waals surface area contributed by atoms with Crippen LogP contribution in [0.25, 0.3) is 0 Å². The number of nitrogens with zero attached hydrogens (tertiary/aromatic N) is 2. The summed E-state index contributed by atoms with van der Waals surface area (Å²) >= 11 is 0. The van der Waals surface area contributed by atoms with Crippen molar-refractivity contribution >= 4 is 15.8 Å². The van der Waals surface area contributed by atoms with Crippen molar-refractivity contribution in [2.24, 2.45) is 5.11 Å². The van der Waals surface area contributed by atoms with E-state index >= 15 is 0 Å². The van der Waals surface area contributed by atoms with E-state index in [1.807, 2.05) is 0 Å². The number of carbonyl (C=O) groups is 1. The van der Waals surface area contributed by atoms with Crippen LogP contribution in [-0.4, -0.2) is 37.0 Å². The first-order chi connectivity index (χ1) is 6.25. The maximum absolute atomic E-state index is 11.2. The molecule has 0 saturated carbocycles. The van der Waals surface area contributed by atoms with Crippen molar-refractivity contribution in [1.82, 2.24) is 4.91 Å². The highest BCUT2D eigenvalue weighted by Gasteiger charge is 2.43. The molecule has 8 heteroatoms. The lowest BCUT2D eigenvalue weighted by Crippen LogP contribution is -2.43. The van der Waals surface area contributed by atoms with Crippen LogP contribution in [0.3, 0.4) is 0 Å². The van der Waals surface area contributed by atoms with Crippen molar-refractivity contribution in [3.05, 3.63) is 0 Å². The molecule has 0 aliphatic heterocycles. The Morgan fingerprint density at radius 3 is 2.43 bits per heavy atom. The summed E-state index contributed by atoms with van der Waals surface area (Å²) in [4.78, 5) is 13.4. The van der Waals surface area contributed by atoms with Crippen molar-refractivity contribution in [1.29, 1.82) is 5.53 Å². The molecule has 14 heavy (non-hydrogen) atoms. The second kappa shape index (κ2) is 4.30. The zero-order valence-corrected chi connectivity index (χ0v) is 8.71. The van der Waals surface area contributed by atoms with Crippen molar-refractivity contribution in [2.75, 3.05) is 12.8 Å². The molecule has 0 aliphatic rings. The predicted molar refractivity (Wildman–Crippen MR) is 47.7 cm³/mol. The summed E-state index contributed by atoms with van der Waals surface area (Å²) in [6, 6.07) is 0. The van der Waals surface area contributed by atoms with Crippen LogP contribution in [0.1, 0.15) is 13.3 Å². The Hall–Kier alpha value is -1.27. The van der Waals surface area contributed by atoms with E-state index in [0.29, 0.717) is 0 Å². The van der Waals surface area contributed by atoms with E-state index < -0.39 is 20.6 Å². The molecule has 7 nitrogen and oxygen atoms in total. The number of carboxylic acids is 1. The fourth-order valence-corrected chi connectivity index (χ4v) is 1.54. The van der Waals surface area contributed by atoms with Crippen molar-refractivity contribution in [2.45, 2.75) is 18.1 Å². The molecule has 0 spiro atoms.